The number of halogens is 1. The minimum Gasteiger partial charge on any atom is -0.383 e. The molecule has 8 heteroatoms. The third-order valence-corrected chi connectivity index (χ3v) is 4.12. The molecular weight excluding hydrogens is 349 g/mol. The smallest absolute Gasteiger partial charge is 0.251 e. The molecule has 0 radical (unpaired) electrons. The van der Waals surface area contributed by atoms with E-state index in [-0.39, 0.29) is 11.9 Å². The minimum absolute atomic E-state index is 0.278. The highest BCUT2D eigenvalue weighted by atomic mass is 19.1. The summed E-state index contributed by atoms with van der Waals surface area (Å²) in [6, 6.07) is 8.03. The summed E-state index contributed by atoms with van der Waals surface area (Å²) in [5.41, 5.74) is 1.43. The maximum Gasteiger partial charge on any atom is 0.251 e. The van der Waals surface area contributed by atoms with Crippen molar-refractivity contribution in [1.29, 1.82) is 0 Å². The highest BCUT2D eigenvalue weighted by Crippen LogP contribution is 2.23. The first kappa shape index (κ1) is 18.7. The lowest BCUT2D eigenvalue weighted by atomic mass is 10.0. The van der Waals surface area contributed by atoms with Gasteiger partial charge in [0.15, 0.2) is 5.82 Å². The Labute approximate surface area is 156 Å². The molecule has 0 fully saturated rings. The van der Waals surface area contributed by atoms with Gasteiger partial charge in [-0.25, -0.2) is 4.39 Å². The second-order valence-electron chi connectivity index (χ2n) is 6.01. The summed E-state index contributed by atoms with van der Waals surface area (Å²) in [7, 11) is 1.62. The molecule has 0 aliphatic carbocycles. The highest BCUT2D eigenvalue weighted by Gasteiger charge is 2.17. The molecule has 7 nitrogen and oxygen atoms in total. The standard InChI is InChI=1S/C19H20FN5O2/c1-13(18-24-22-12-25(18)8-9-27-2)23-19(26)15-5-3-4-14(10-15)16-6-7-21-11-17(16)20/h3-7,10-13H,8-9H2,1-2H3,(H,23,26)/t13-/m0/s1. The van der Waals surface area contributed by atoms with E-state index < -0.39 is 5.82 Å². The Hall–Kier alpha value is -3.13. The number of amides is 1. The van der Waals surface area contributed by atoms with Gasteiger partial charge >= 0.3 is 0 Å². The normalized spacial score (nSPS) is 12.0. The van der Waals surface area contributed by atoms with Gasteiger partial charge in [0, 0.05) is 31.0 Å². The fourth-order valence-electron chi connectivity index (χ4n) is 2.74. The van der Waals surface area contributed by atoms with Gasteiger partial charge in [0.2, 0.25) is 0 Å². The second kappa shape index (κ2) is 8.50. The number of carbonyl (C=O) groups is 1. The molecule has 1 aromatic carbocycles. The molecule has 0 saturated carbocycles. The van der Waals surface area contributed by atoms with Crippen molar-refractivity contribution in [2.75, 3.05) is 13.7 Å². The predicted octanol–water partition coefficient (Wildman–Crippen LogP) is 2.62. The van der Waals surface area contributed by atoms with Gasteiger partial charge in [0.05, 0.1) is 18.8 Å². The number of benzene rings is 1. The number of methoxy groups -OCH3 is 1. The number of hydrogen-bond donors (Lipinski definition) is 1. The van der Waals surface area contributed by atoms with Gasteiger partial charge in [-0.3, -0.25) is 9.78 Å². The summed E-state index contributed by atoms with van der Waals surface area (Å²) < 4.78 is 20.9. The number of pyridine rings is 1. The van der Waals surface area contributed by atoms with Gasteiger partial charge in [-0.1, -0.05) is 12.1 Å². The second-order valence-corrected chi connectivity index (χ2v) is 6.01. The first-order valence-electron chi connectivity index (χ1n) is 8.47. The van der Waals surface area contributed by atoms with Gasteiger partial charge in [0.25, 0.3) is 5.91 Å². The van der Waals surface area contributed by atoms with Crippen molar-refractivity contribution >= 4 is 5.91 Å². The molecule has 3 rings (SSSR count). The summed E-state index contributed by atoms with van der Waals surface area (Å²) in [5.74, 6) is -0.0773. The molecule has 140 valence electrons. The van der Waals surface area contributed by atoms with E-state index in [1.165, 1.54) is 6.20 Å². The quantitative estimate of drug-likeness (QED) is 0.692. The Morgan fingerprint density at radius 1 is 1.37 bits per heavy atom. The van der Waals surface area contributed by atoms with Crippen molar-refractivity contribution in [2.24, 2.45) is 0 Å². The molecule has 0 spiro atoms. The predicted molar refractivity (Wildman–Crippen MR) is 97.4 cm³/mol. The molecule has 0 unspecified atom stereocenters. The van der Waals surface area contributed by atoms with Crippen molar-refractivity contribution < 1.29 is 13.9 Å². The first-order valence-corrected chi connectivity index (χ1v) is 8.47. The Kier molecular flexibility index (Phi) is 5.87. The van der Waals surface area contributed by atoms with E-state index in [1.807, 2.05) is 11.5 Å². The average molecular weight is 369 g/mol. The van der Waals surface area contributed by atoms with E-state index in [9.17, 15) is 9.18 Å². The Balaban J connectivity index is 1.76. The molecule has 1 N–H and O–H groups in total. The van der Waals surface area contributed by atoms with Crippen LogP contribution in [0.4, 0.5) is 4.39 Å². The van der Waals surface area contributed by atoms with Gasteiger partial charge in [0.1, 0.15) is 12.1 Å². The number of carbonyl (C=O) groups excluding carboxylic acids is 1. The Bertz CT molecular complexity index is 928. The van der Waals surface area contributed by atoms with Gasteiger partial charge < -0.3 is 14.6 Å². The molecule has 2 heterocycles. The van der Waals surface area contributed by atoms with Crippen LogP contribution in [0.15, 0.2) is 49.1 Å². The van der Waals surface area contributed by atoms with Crippen LogP contribution in [0.5, 0.6) is 0 Å². The van der Waals surface area contributed by atoms with E-state index >= 15 is 0 Å². The van der Waals surface area contributed by atoms with Crippen LogP contribution in [-0.4, -0.2) is 39.4 Å². The highest BCUT2D eigenvalue weighted by molar-refractivity contribution is 5.95. The van der Waals surface area contributed by atoms with E-state index in [0.717, 1.165) is 6.20 Å². The van der Waals surface area contributed by atoms with Crippen molar-refractivity contribution in [3.05, 3.63) is 66.3 Å². The summed E-state index contributed by atoms with van der Waals surface area (Å²) >= 11 is 0. The first-order chi connectivity index (χ1) is 13.1. The zero-order chi connectivity index (χ0) is 19.2. The van der Waals surface area contributed by atoms with E-state index in [2.05, 4.69) is 20.5 Å². The van der Waals surface area contributed by atoms with Crippen molar-refractivity contribution in [2.45, 2.75) is 19.5 Å². The number of nitrogens with zero attached hydrogens (tertiary/aromatic N) is 4. The van der Waals surface area contributed by atoms with Crippen LogP contribution >= 0.6 is 0 Å². The van der Waals surface area contributed by atoms with Crippen molar-refractivity contribution in [1.82, 2.24) is 25.1 Å². The largest absolute Gasteiger partial charge is 0.383 e. The molecule has 0 aliphatic rings. The monoisotopic (exact) mass is 369 g/mol. The van der Waals surface area contributed by atoms with E-state index in [1.54, 1.807) is 43.8 Å². The van der Waals surface area contributed by atoms with Crippen molar-refractivity contribution in [3.8, 4) is 11.1 Å². The van der Waals surface area contributed by atoms with E-state index in [0.29, 0.717) is 35.7 Å². The third-order valence-electron chi connectivity index (χ3n) is 4.12. The fourth-order valence-corrected chi connectivity index (χ4v) is 2.74. The number of ether oxygens (including phenoxy) is 1. The summed E-state index contributed by atoms with van der Waals surface area (Å²) in [6.07, 6.45) is 4.26. The van der Waals surface area contributed by atoms with Crippen LogP contribution in [-0.2, 0) is 11.3 Å². The Morgan fingerprint density at radius 3 is 3.00 bits per heavy atom. The third kappa shape index (κ3) is 4.35. The van der Waals surface area contributed by atoms with Gasteiger partial charge in [-0.05, 0) is 30.7 Å². The maximum absolute atomic E-state index is 14.0. The van der Waals surface area contributed by atoms with Crippen LogP contribution in [0, 0.1) is 5.82 Å². The van der Waals surface area contributed by atoms with Gasteiger partial charge in [-0.2, -0.15) is 0 Å². The number of aromatic nitrogens is 4. The zero-order valence-electron chi connectivity index (χ0n) is 15.1. The summed E-state index contributed by atoms with van der Waals surface area (Å²) in [5, 5.41) is 10.9. The molecular formula is C19H20FN5O2. The summed E-state index contributed by atoms with van der Waals surface area (Å²) in [6.45, 7) is 2.94. The molecule has 2 aromatic heterocycles. The number of nitrogens with one attached hydrogen (secondary N) is 1. The SMILES string of the molecule is COCCn1cnnc1[C@H](C)NC(=O)c1cccc(-c2ccncc2F)c1. The molecule has 3 aromatic rings. The number of hydrogen-bond acceptors (Lipinski definition) is 5. The van der Waals surface area contributed by atoms with Crippen LogP contribution < -0.4 is 5.32 Å². The molecule has 1 atom stereocenters. The molecule has 1 amide bonds. The lowest BCUT2D eigenvalue weighted by Crippen LogP contribution is -2.29. The van der Waals surface area contributed by atoms with E-state index in [4.69, 9.17) is 4.74 Å². The molecule has 0 saturated heterocycles. The zero-order valence-corrected chi connectivity index (χ0v) is 15.1. The molecule has 27 heavy (non-hydrogen) atoms. The minimum atomic E-state index is -0.435. The van der Waals surface area contributed by atoms with Crippen LogP contribution in [0.3, 0.4) is 0 Å². The lowest BCUT2D eigenvalue weighted by Gasteiger charge is -2.15. The lowest BCUT2D eigenvalue weighted by molar-refractivity contribution is 0.0937. The molecule has 0 bridgehead atoms. The Morgan fingerprint density at radius 2 is 2.22 bits per heavy atom. The van der Waals surface area contributed by atoms with Crippen molar-refractivity contribution in [3.63, 3.8) is 0 Å². The fraction of sp³-hybridized carbons (Fsp3) is 0.263. The summed E-state index contributed by atoms with van der Waals surface area (Å²) in [4.78, 5) is 16.4. The number of rotatable bonds is 7. The molecule has 0 aliphatic heterocycles. The van der Waals surface area contributed by atoms with Crippen LogP contribution in [0.1, 0.15) is 29.1 Å². The van der Waals surface area contributed by atoms with Crippen LogP contribution in [0.25, 0.3) is 11.1 Å². The van der Waals surface area contributed by atoms with Crippen LogP contribution in [0.2, 0.25) is 0 Å². The maximum atomic E-state index is 14.0. The average Bonchev–Trinajstić information content (AvgIpc) is 3.15. The topological polar surface area (TPSA) is 81.9 Å². The van der Waals surface area contributed by atoms with Gasteiger partial charge in [-0.15, -0.1) is 10.2 Å².